The fourth-order valence-electron chi connectivity index (χ4n) is 3.12. The minimum absolute atomic E-state index is 0.771. The Balaban J connectivity index is 1.82. The van der Waals surface area contributed by atoms with Crippen molar-refractivity contribution in [1.82, 2.24) is 5.32 Å². The molecular weight excluding hydrogens is 218 g/mol. The van der Waals surface area contributed by atoms with Gasteiger partial charge in [0.25, 0.3) is 0 Å². The Hall–Kier alpha value is -0.820. The molecule has 0 aromatic heterocycles. The van der Waals surface area contributed by atoms with Crippen LogP contribution in [0.2, 0.25) is 0 Å². The Labute approximate surface area is 112 Å². The van der Waals surface area contributed by atoms with Crippen LogP contribution in [-0.4, -0.2) is 13.1 Å². The van der Waals surface area contributed by atoms with E-state index in [1.165, 1.54) is 56.1 Å². The summed E-state index contributed by atoms with van der Waals surface area (Å²) >= 11 is 0. The van der Waals surface area contributed by atoms with Gasteiger partial charge < -0.3 is 5.32 Å². The molecule has 0 saturated heterocycles. The highest BCUT2D eigenvalue weighted by atomic mass is 14.9. The van der Waals surface area contributed by atoms with E-state index < -0.39 is 0 Å². The van der Waals surface area contributed by atoms with Gasteiger partial charge in [0.2, 0.25) is 0 Å². The maximum Gasteiger partial charge on any atom is 0.00642 e. The van der Waals surface area contributed by atoms with E-state index in [0.717, 1.165) is 12.0 Å². The van der Waals surface area contributed by atoms with E-state index in [-0.39, 0.29) is 0 Å². The Morgan fingerprint density at radius 1 is 1.00 bits per heavy atom. The number of hydrogen-bond acceptors (Lipinski definition) is 1. The van der Waals surface area contributed by atoms with E-state index in [1.807, 2.05) is 0 Å². The molecule has 1 aliphatic carbocycles. The summed E-state index contributed by atoms with van der Waals surface area (Å²) in [6.07, 6.45) is 9.23. The van der Waals surface area contributed by atoms with Crippen molar-refractivity contribution in [3.63, 3.8) is 0 Å². The molecule has 1 nitrogen and oxygen atoms in total. The average Bonchev–Trinajstić information content (AvgIpc) is 2.42. The van der Waals surface area contributed by atoms with Crippen molar-refractivity contribution in [2.75, 3.05) is 7.05 Å². The molecule has 1 aromatic rings. The van der Waals surface area contributed by atoms with Gasteiger partial charge in [-0.25, -0.2) is 0 Å². The molecule has 0 atom stereocenters. The molecule has 0 bridgehead atoms. The van der Waals surface area contributed by atoms with Crippen LogP contribution < -0.4 is 5.32 Å². The molecule has 0 heterocycles. The molecule has 0 spiro atoms. The zero-order valence-electron chi connectivity index (χ0n) is 11.9. The standard InChI is InChI=1S/C17H27N/c1-3-4-14-5-7-15(8-6-14)13-16-9-11-17(18-2)12-10-16/h5-8,16-18H,3-4,9-13H2,1-2H3. The smallest absolute Gasteiger partial charge is 0.00642 e. The summed E-state index contributed by atoms with van der Waals surface area (Å²) < 4.78 is 0. The quantitative estimate of drug-likeness (QED) is 0.828. The van der Waals surface area contributed by atoms with Crippen molar-refractivity contribution >= 4 is 0 Å². The summed E-state index contributed by atoms with van der Waals surface area (Å²) in [4.78, 5) is 0. The second kappa shape index (κ2) is 6.94. The molecule has 0 radical (unpaired) electrons. The molecule has 1 heteroatoms. The molecular formula is C17H27N. The van der Waals surface area contributed by atoms with Crippen LogP contribution in [0, 0.1) is 5.92 Å². The van der Waals surface area contributed by atoms with Gasteiger partial charge in [-0.3, -0.25) is 0 Å². The Bertz CT molecular complexity index is 333. The molecule has 2 rings (SSSR count). The first-order valence-corrected chi connectivity index (χ1v) is 7.57. The first-order valence-electron chi connectivity index (χ1n) is 7.57. The zero-order valence-corrected chi connectivity index (χ0v) is 11.9. The van der Waals surface area contributed by atoms with E-state index >= 15 is 0 Å². The largest absolute Gasteiger partial charge is 0.317 e. The maximum atomic E-state index is 3.41. The van der Waals surface area contributed by atoms with Crippen LogP contribution >= 0.6 is 0 Å². The number of hydrogen-bond donors (Lipinski definition) is 1. The second-order valence-corrected chi connectivity index (χ2v) is 5.78. The monoisotopic (exact) mass is 245 g/mol. The van der Waals surface area contributed by atoms with E-state index in [1.54, 1.807) is 0 Å². The van der Waals surface area contributed by atoms with Crippen LogP contribution in [0.15, 0.2) is 24.3 Å². The first kappa shape index (κ1) is 13.6. The summed E-state index contributed by atoms with van der Waals surface area (Å²) in [6.45, 7) is 2.24. The van der Waals surface area contributed by atoms with Crippen LogP contribution in [0.1, 0.15) is 50.2 Å². The third kappa shape index (κ3) is 3.84. The van der Waals surface area contributed by atoms with Gasteiger partial charge in [0.1, 0.15) is 0 Å². The van der Waals surface area contributed by atoms with Gasteiger partial charge in [0.15, 0.2) is 0 Å². The summed E-state index contributed by atoms with van der Waals surface area (Å²) in [5.74, 6) is 0.909. The van der Waals surface area contributed by atoms with Gasteiger partial charge in [-0.2, -0.15) is 0 Å². The third-order valence-electron chi connectivity index (χ3n) is 4.34. The van der Waals surface area contributed by atoms with Crippen molar-refractivity contribution < 1.29 is 0 Å². The van der Waals surface area contributed by atoms with Crippen LogP contribution in [0.4, 0.5) is 0 Å². The lowest BCUT2D eigenvalue weighted by atomic mass is 9.82. The topological polar surface area (TPSA) is 12.0 Å². The molecule has 1 fully saturated rings. The molecule has 1 aromatic carbocycles. The van der Waals surface area contributed by atoms with E-state index in [4.69, 9.17) is 0 Å². The van der Waals surface area contributed by atoms with Gasteiger partial charge in [0, 0.05) is 6.04 Å². The highest BCUT2D eigenvalue weighted by Gasteiger charge is 2.19. The Morgan fingerprint density at radius 3 is 2.17 bits per heavy atom. The number of nitrogens with one attached hydrogen (secondary N) is 1. The average molecular weight is 245 g/mol. The van der Waals surface area contributed by atoms with E-state index in [9.17, 15) is 0 Å². The first-order chi connectivity index (χ1) is 8.81. The lowest BCUT2D eigenvalue weighted by molar-refractivity contribution is 0.300. The summed E-state index contributed by atoms with van der Waals surface area (Å²) in [5.41, 5.74) is 3.02. The van der Waals surface area contributed by atoms with Crippen molar-refractivity contribution in [2.24, 2.45) is 5.92 Å². The second-order valence-electron chi connectivity index (χ2n) is 5.78. The van der Waals surface area contributed by atoms with Crippen molar-refractivity contribution in [3.8, 4) is 0 Å². The minimum Gasteiger partial charge on any atom is -0.317 e. The molecule has 1 aliphatic rings. The highest BCUT2D eigenvalue weighted by Crippen LogP contribution is 2.27. The predicted molar refractivity (Wildman–Crippen MR) is 78.9 cm³/mol. The normalized spacial score (nSPS) is 24.1. The van der Waals surface area contributed by atoms with Gasteiger partial charge in [-0.15, -0.1) is 0 Å². The molecule has 100 valence electrons. The fraction of sp³-hybridized carbons (Fsp3) is 0.647. The maximum absolute atomic E-state index is 3.41. The van der Waals surface area contributed by atoms with Gasteiger partial charge in [-0.05, 0) is 62.6 Å². The summed E-state index contributed by atoms with van der Waals surface area (Å²) in [7, 11) is 2.09. The van der Waals surface area contributed by atoms with Crippen molar-refractivity contribution in [3.05, 3.63) is 35.4 Å². The number of aryl methyl sites for hydroxylation is 1. The minimum atomic E-state index is 0.771. The van der Waals surface area contributed by atoms with Gasteiger partial charge in [-0.1, -0.05) is 37.6 Å². The van der Waals surface area contributed by atoms with Crippen LogP contribution in [-0.2, 0) is 12.8 Å². The Kier molecular flexibility index (Phi) is 5.25. The lowest BCUT2D eigenvalue weighted by Crippen LogP contribution is -2.30. The number of rotatable bonds is 5. The SMILES string of the molecule is CCCc1ccc(CC2CCC(NC)CC2)cc1. The summed E-state index contributed by atoms with van der Waals surface area (Å²) in [5, 5.41) is 3.41. The predicted octanol–water partition coefficient (Wildman–Crippen LogP) is 3.96. The van der Waals surface area contributed by atoms with Crippen molar-refractivity contribution in [2.45, 2.75) is 57.9 Å². The van der Waals surface area contributed by atoms with Gasteiger partial charge >= 0.3 is 0 Å². The van der Waals surface area contributed by atoms with E-state index in [2.05, 4.69) is 43.6 Å². The third-order valence-corrected chi connectivity index (χ3v) is 4.34. The lowest BCUT2D eigenvalue weighted by Gasteiger charge is -2.28. The molecule has 0 unspecified atom stereocenters. The fourth-order valence-corrected chi connectivity index (χ4v) is 3.12. The van der Waals surface area contributed by atoms with Crippen molar-refractivity contribution in [1.29, 1.82) is 0 Å². The van der Waals surface area contributed by atoms with Crippen LogP contribution in [0.25, 0.3) is 0 Å². The molecule has 18 heavy (non-hydrogen) atoms. The van der Waals surface area contributed by atoms with E-state index in [0.29, 0.717) is 0 Å². The van der Waals surface area contributed by atoms with Gasteiger partial charge in [0.05, 0.1) is 0 Å². The highest BCUT2D eigenvalue weighted by molar-refractivity contribution is 5.23. The van der Waals surface area contributed by atoms with Crippen LogP contribution in [0.5, 0.6) is 0 Å². The zero-order chi connectivity index (χ0) is 12.8. The molecule has 1 saturated carbocycles. The number of benzene rings is 1. The Morgan fingerprint density at radius 2 is 1.61 bits per heavy atom. The molecule has 1 N–H and O–H groups in total. The summed E-state index contributed by atoms with van der Waals surface area (Å²) in [6, 6.07) is 10.1. The van der Waals surface area contributed by atoms with Crippen LogP contribution in [0.3, 0.4) is 0 Å². The molecule has 0 amide bonds. The molecule has 0 aliphatic heterocycles.